The number of amides is 1. The molecular formula is C26H22N4O6. The third kappa shape index (κ3) is 5.07. The Morgan fingerprint density at radius 3 is 2.44 bits per heavy atom. The average molecular weight is 486 g/mol. The Labute approximate surface area is 206 Å². The van der Waals surface area contributed by atoms with Gasteiger partial charge in [-0.2, -0.15) is 5.10 Å². The van der Waals surface area contributed by atoms with Gasteiger partial charge < -0.3 is 13.9 Å². The van der Waals surface area contributed by atoms with E-state index in [-0.39, 0.29) is 17.2 Å². The molecule has 0 saturated heterocycles. The fourth-order valence-electron chi connectivity index (χ4n) is 3.56. The summed E-state index contributed by atoms with van der Waals surface area (Å²) >= 11 is 0. The molecule has 182 valence electrons. The number of nitrogens with one attached hydrogen (secondary N) is 1. The van der Waals surface area contributed by atoms with Crippen LogP contribution in [0.15, 0.2) is 76.5 Å². The number of ether oxygens (including phenoxy) is 2. The van der Waals surface area contributed by atoms with E-state index in [4.69, 9.17) is 13.9 Å². The molecule has 0 radical (unpaired) electrons. The van der Waals surface area contributed by atoms with Crippen LogP contribution < -0.4 is 14.9 Å². The summed E-state index contributed by atoms with van der Waals surface area (Å²) in [5.74, 6) is 0.995. The monoisotopic (exact) mass is 486 g/mol. The van der Waals surface area contributed by atoms with Crippen LogP contribution in [0.2, 0.25) is 0 Å². The number of carbonyl (C=O) groups excluding carboxylic acids is 1. The summed E-state index contributed by atoms with van der Waals surface area (Å²) in [6.07, 6.45) is 4.03. The quantitative estimate of drug-likeness (QED) is 0.211. The summed E-state index contributed by atoms with van der Waals surface area (Å²) in [7, 11) is 3.17. The minimum Gasteiger partial charge on any atom is -0.496 e. The lowest BCUT2D eigenvalue weighted by molar-refractivity contribution is -0.385. The third-order valence-electron chi connectivity index (χ3n) is 5.43. The smallest absolute Gasteiger partial charge is 0.317 e. The molecule has 1 N–H and O–H groups in total. The van der Waals surface area contributed by atoms with Crippen molar-refractivity contribution < 1.29 is 23.6 Å². The molecule has 2 aromatic heterocycles. The first-order chi connectivity index (χ1) is 17.4. The van der Waals surface area contributed by atoms with E-state index in [1.807, 2.05) is 31.2 Å². The highest BCUT2D eigenvalue weighted by Crippen LogP contribution is 2.38. The molecule has 0 atom stereocenters. The van der Waals surface area contributed by atoms with E-state index < -0.39 is 10.8 Å². The van der Waals surface area contributed by atoms with Crippen molar-refractivity contribution in [2.75, 3.05) is 14.2 Å². The molecule has 4 aromatic rings. The van der Waals surface area contributed by atoms with Crippen LogP contribution in [0.5, 0.6) is 11.5 Å². The number of aromatic nitrogens is 1. The van der Waals surface area contributed by atoms with E-state index in [9.17, 15) is 14.9 Å². The van der Waals surface area contributed by atoms with Gasteiger partial charge in [-0.1, -0.05) is 12.1 Å². The van der Waals surface area contributed by atoms with Gasteiger partial charge in [0.2, 0.25) is 5.76 Å². The van der Waals surface area contributed by atoms with Gasteiger partial charge in [-0.15, -0.1) is 0 Å². The standard InChI is InChI=1S/C26H22N4O6/c1-16-4-5-18(13-23(16)35-3)20-12-19(6-7-22(20)34-2)24-14-21(30(32)33)25(36-24)15-28-29-26(31)17-8-10-27-11-9-17/h4-15H,1-3H3,(H,29,31)/b28-15+. The first kappa shape index (κ1) is 24.1. The molecular weight excluding hydrogens is 464 g/mol. The van der Waals surface area contributed by atoms with Crippen molar-refractivity contribution in [2.45, 2.75) is 6.92 Å². The second kappa shape index (κ2) is 10.5. The van der Waals surface area contributed by atoms with Crippen LogP contribution in [0.1, 0.15) is 21.7 Å². The van der Waals surface area contributed by atoms with E-state index in [0.29, 0.717) is 16.9 Å². The van der Waals surface area contributed by atoms with Crippen molar-refractivity contribution in [3.05, 3.63) is 94.0 Å². The molecule has 0 saturated carbocycles. The predicted octanol–water partition coefficient (Wildman–Crippen LogP) is 5.01. The lowest BCUT2D eigenvalue weighted by atomic mass is 9.99. The highest BCUT2D eigenvalue weighted by molar-refractivity contribution is 5.95. The largest absolute Gasteiger partial charge is 0.496 e. The molecule has 2 heterocycles. The van der Waals surface area contributed by atoms with Crippen LogP contribution >= 0.6 is 0 Å². The van der Waals surface area contributed by atoms with Crippen LogP contribution in [0, 0.1) is 17.0 Å². The molecule has 10 heteroatoms. The normalized spacial score (nSPS) is 10.9. The molecule has 2 aromatic carbocycles. The number of carbonyl (C=O) groups is 1. The Morgan fingerprint density at radius 2 is 1.75 bits per heavy atom. The van der Waals surface area contributed by atoms with E-state index in [0.717, 1.165) is 28.7 Å². The van der Waals surface area contributed by atoms with Crippen molar-refractivity contribution in [3.63, 3.8) is 0 Å². The topological polar surface area (TPSA) is 129 Å². The summed E-state index contributed by atoms with van der Waals surface area (Å²) in [5.41, 5.74) is 5.55. The molecule has 0 aliphatic heterocycles. The zero-order valence-electron chi connectivity index (χ0n) is 19.7. The summed E-state index contributed by atoms with van der Waals surface area (Å²) in [6, 6.07) is 15.4. The fraction of sp³-hybridized carbons (Fsp3) is 0.115. The number of pyridine rings is 1. The minimum absolute atomic E-state index is 0.112. The van der Waals surface area contributed by atoms with Crippen molar-refractivity contribution in [1.29, 1.82) is 0 Å². The number of methoxy groups -OCH3 is 2. The highest BCUT2D eigenvalue weighted by atomic mass is 16.6. The van der Waals surface area contributed by atoms with Crippen LogP contribution in [-0.2, 0) is 0 Å². The van der Waals surface area contributed by atoms with Gasteiger partial charge >= 0.3 is 5.69 Å². The Hall–Kier alpha value is -4.99. The van der Waals surface area contributed by atoms with Crippen molar-refractivity contribution in [2.24, 2.45) is 5.10 Å². The zero-order valence-corrected chi connectivity index (χ0v) is 19.7. The Balaban J connectivity index is 1.67. The number of rotatable bonds is 8. The summed E-state index contributed by atoms with van der Waals surface area (Å²) in [5, 5.41) is 15.4. The second-order valence-corrected chi connectivity index (χ2v) is 7.65. The molecule has 0 aliphatic rings. The van der Waals surface area contributed by atoms with Gasteiger partial charge in [0.15, 0.2) is 0 Å². The van der Waals surface area contributed by atoms with Gasteiger partial charge in [0.25, 0.3) is 5.91 Å². The number of benzene rings is 2. The number of hydrogen-bond donors (Lipinski definition) is 1. The zero-order chi connectivity index (χ0) is 25.7. The van der Waals surface area contributed by atoms with E-state index in [1.165, 1.54) is 30.6 Å². The third-order valence-corrected chi connectivity index (χ3v) is 5.43. The molecule has 0 spiro atoms. The van der Waals surface area contributed by atoms with Crippen LogP contribution in [0.3, 0.4) is 0 Å². The maximum absolute atomic E-state index is 12.1. The van der Waals surface area contributed by atoms with Crippen LogP contribution in [0.4, 0.5) is 5.69 Å². The number of nitrogens with zero attached hydrogens (tertiary/aromatic N) is 3. The number of hydrazone groups is 1. The van der Waals surface area contributed by atoms with Gasteiger partial charge in [-0.3, -0.25) is 19.9 Å². The molecule has 0 bridgehead atoms. The maximum atomic E-state index is 12.1. The molecule has 4 rings (SSSR count). The van der Waals surface area contributed by atoms with Crippen LogP contribution in [0.25, 0.3) is 22.5 Å². The van der Waals surface area contributed by atoms with E-state index in [1.54, 1.807) is 26.4 Å². The Morgan fingerprint density at radius 1 is 1.03 bits per heavy atom. The number of furan rings is 1. The van der Waals surface area contributed by atoms with Crippen LogP contribution in [-0.4, -0.2) is 36.2 Å². The molecule has 1 amide bonds. The summed E-state index contributed by atoms with van der Waals surface area (Å²) in [4.78, 5) is 27.0. The first-order valence-electron chi connectivity index (χ1n) is 10.8. The van der Waals surface area contributed by atoms with Crippen molar-refractivity contribution in [1.82, 2.24) is 10.4 Å². The van der Waals surface area contributed by atoms with Gasteiger partial charge in [-0.05, 0) is 54.4 Å². The maximum Gasteiger partial charge on any atom is 0.317 e. The van der Waals surface area contributed by atoms with Gasteiger partial charge in [-0.25, -0.2) is 5.43 Å². The molecule has 0 aliphatic carbocycles. The van der Waals surface area contributed by atoms with E-state index in [2.05, 4.69) is 15.5 Å². The minimum atomic E-state index is -0.575. The van der Waals surface area contributed by atoms with E-state index >= 15 is 0 Å². The summed E-state index contributed by atoms with van der Waals surface area (Å²) in [6.45, 7) is 1.95. The molecule has 0 fully saturated rings. The Kier molecular flexibility index (Phi) is 7.05. The molecule has 10 nitrogen and oxygen atoms in total. The lowest BCUT2D eigenvalue weighted by Gasteiger charge is -2.12. The lowest BCUT2D eigenvalue weighted by Crippen LogP contribution is -2.17. The van der Waals surface area contributed by atoms with Crippen molar-refractivity contribution >= 4 is 17.8 Å². The van der Waals surface area contributed by atoms with Crippen molar-refractivity contribution in [3.8, 4) is 33.9 Å². The second-order valence-electron chi connectivity index (χ2n) is 7.65. The summed E-state index contributed by atoms with van der Waals surface area (Å²) < 4.78 is 16.7. The number of aryl methyl sites for hydroxylation is 1. The van der Waals surface area contributed by atoms with Gasteiger partial charge in [0.1, 0.15) is 17.3 Å². The molecule has 0 unspecified atom stereocenters. The predicted molar refractivity (Wildman–Crippen MR) is 133 cm³/mol. The van der Waals surface area contributed by atoms with Gasteiger partial charge in [0.05, 0.1) is 31.4 Å². The number of nitro groups is 1. The first-order valence-corrected chi connectivity index (χ1v) is 10.8. The number of hydrogen-bond acceptors (Lipinski definition) is 8. The highest BCUT2D eigenvalue weighted by Gasteiger charge is 2.22. The fourth-order valence-corrected chi connectivity index (χ4v) is 3.56. The average Bonchev–Trinajstić information content (AvgIpc) is 3.33. The SMILES string of the molecule is COc1cc(-c2cc(-c3cc([N+](=O)[O-])c(/C=N/NC(=O)c4ccncc4)o3)ccc2OC)ccc1C. The Bertz CT molecular complexity index is 1450. The van der Waals surface area contributed by atoms with Gasteiger partial charge in [0, 0.05) is 29.1 Å². The molecule has 36 heavy (non-hydrogen) atoms.